The number of aryl methyl sites for hydroxylation is 2. The molecule has 0 aliphatic heterocycles. The molecule has 2 aliphatic rings. The largest absolute Gasteiger partial charge is 0.392 e. The van der Waals surface area contributed by atoms with Crippen LogP contribution in [0.1, 0.15) is 40.7 Å². The number of fused-ring (bicyclic) bond motifs is 2. The minimum atomic E-state index is -3.40. The smallest absolute Gasteiger partial charge is 0.354 e. The fourth-order valence-corrected chi connectivity index (χ4v) is 7.09. The second-order valence-corrected chi connectivity index (χ2v) is 11.4. The lowest BCUT2D eigenvalue weighted by molar-refractivity contribution is 0.260. The van der Waals surface area contributed by atoms with E-state index in [1.165, 1.54) is 33.6 Å². The Hall–Kier alpha value is -2.52. The topological polar surface area (TPSA) is 105 Å². The van der Waals surface area contributed by atoms with Crippen molar-refractivity contribution in [2.75, 3.05) is 5.32 Å². The summed E-state index contributed by atoms with van der Waals surface area (Å²) in [6.45, 7) is -0.0973. The molecule has 1 unspecified atom stereocenters. The van der Waals surface area contributed by atoms with Gasteiger partial charge in [-0.25, -0.2) is 14.1 Å². The molecule has 0 radical (unpaired) electrons. The van der Waals surface area contributed by atoms with Crippen LogP contribution >= 0.6 is 11.3 Å². The maximum atomic E-state index is 13.2. The summed E-state index contributed by atoms with van der Waals surface area (Å²) in [5.41, 5.74) is 7.47. The van der Waals surface area contributed by atoms with Crippen LogP contribution in [0.15, 0.2) is 51.0 Å². The summed E-state index contributed by atoms with van der Waals surface area (Å²) in [6, 6.07) is 12.5. The second-order valence-electron chi connectivity index (χ2n) is 8.26. The van der Waals surface area contributed by atoms with Gasteiger partial charge in [-0.2, -0.15) is 0 Å². The Morgan fingerprint density at radius 3 is 2.44 bits per heavy atom. The van der Waals surface area contributed by atoms with Gasteiger partial charge in [-0.1, -0.05) is 30.3 Å². The number of nitrogens with one attached hydrogen (secondary N) is 1. The van der Waals surface area contributed by atoms with Crippen LogP contribution in [0, 0.1) is 0 Å². The van der Waals surface area contributed by atoms with Gasteiger partial charge in [0.05, 0.1) is 6.61 Å². The second kappa shape index (κ2) is 8.44. The third-order valence-corrected chi connectivity index (χ3v) is 9.28. The summed E-state index contributed by atoms with van der Waals surface area (Å²) in [5.74, 6) is 0. The molecular weight excluding hydrogens is 442 g/mol. The average Bonchev–Trinajstić information content (AvgIpc) is 3.53. The summed E-state index contributed by atoms with van der Waals surface area (Å²) < 4.78 is 17.4. The van der Waals surface area contributed by atoms with Gasteiger partial charge in [0.15, 0.2) is 9.92 Å². The molecule has 0 fully saturated rings. The standard InChI is InChI=1S/C24H25N3O3S2/c25-32(30,22-12-11-21(31-22)18-8-2-1-5-17(18)14-28)27-24(29)26-23-19-9-3-6-15(19)13-16-7-4-10-20(16)23/h1-2,5,8,11-13,28H,3-4,6-7,9-10,14H2,(H3,25,26,27,29,30). The molecule has 0 saturated heterocycles. The van der Waals surface area contributed by atoms with Gasteiger partial charge in [0, 0.05) is 10.6 Å². The highest BCUT2D eigenvalue weighted by Gasteiger charge is 2.25. The van der Waals surface area contributed by atoms with Gasteiger partial charge in [0.1, 0.15) is 4.21 Å². The van der Waals surface area contributed by atoms with Crippen LogP contribution in [0.4, 0.5) is 10.5 Å². The predicted molar refractivity (Wildman–Crippen MR) is 128 cm³/mol. The quantitative estimate of drug-likeness (QED) is 0.512. The van der Waals surface area contributed by atoms with E-state index in [1.54, 1.807) is 12.1 Å². The first kappa shape index (κ1) is 21.3. The van der Waals surface area contributed by atoms with Crippen LogP contribution in [0.25, 0.3) is 10.4 Å². The van der Waals surface area contributed by atoms with Crippen molar-refractivity contribution in [3.05, 3.63) is 70.3 Å². The van der Waals surface area contributed by atoms with Crippen LogP contribution in [0.5, 0.6) is 0 Å². The van der Waals surface area contributed by atoms with Crippen LogP contribution in [-0.2, 0) is 42.2 Å². The van der Waals surface area contributed by atoms with E-state index in [-0.39, 0.29) is 6.61 Å². The maximum absolute atomic E-state index is 13.2. The summed E-state index contributed by atoms with van der Waals surface area (Å²) >= 11 is 1.23. The number of thiophene rings is 1. The van der Waals surface area contributed by atoms with Crippen molar-refractivity contribution in [2.24, 2.45) is 9.50 Å². The van der Waals surface area contributed by atoms with E-state index in [2.05, 4.69) is 15.7 Å². The van der Waals surface area contributed by atoms with Gasteiger partial charge < -0.3 is 10.4 Å². The van der Waals surface area contributed by atoms with Crippen LogP contribution in [0.2, 0.25) is 0 Å². The highest BCUT2D eigenvalue weighted by Crippen LogP contribution is 2.39. The molecule has 0 saturated carbocycles. The third-order valence-electron chi connectivity index (χ3n) is 6.25. The number of aliphatic hydroxyl groups excluding tert-OH is 1. The Labute approximate surface area is 191 Å². The SMILES string of the molecule is NS(=O)(=NC(=O)Nc1c2c(cc3c1CCC3)CCC2)c1ccc(-c2ccccc2CO)s1. The van der Waals surface area contributed by atoms with Gasteiger partial charge >= 0.3 is 6.03 Å². The van der Waals surface area contributed by atoms with Crippen molar-refractivity contribution in [1.29, 1.82) is 0 Å². The normalized spacial score (nSPS) is 16.3. The molecule has 2 amide bonds. The van der Waals surface area contributed by atoms with Crippen molar-refractivity contribution in [2.45, 2.75) is 49.3 Å². The Balaban J connectivity index is 1.44. The number of aliphatic hydroxyl groups is 1. The van der Waals surface area contributed by atoms with E-state index in [4.69, 9.17) is 5.14 Å². The molecule has 32 heavy (non-hydrogen) atoms. The zero-order valence-electron chi connectivity index (χ0n) is 17.6. The minimum Gasteiger partial charge on any atom is -0.392 e. The molecule has 1 heterocycles. The fourth-order valence-electron chi connectivity index (χ4n) is 4.79. The van der Waals surface area contributed by atoms with Crippen LogP contribution < -0.4 is 10.5 Å². The fraction of sp³-hybridized carbons (Fsp3) is 0.292. The summed E-state index contributed by atoms with van der Waals surface area (Å²) in [6.07, 6.45) is 6.11. The number of carbonyl (C=O) groups is 1. The number of carbonyl (C=O) groups excluding carboxylic acids is 1. The van der Waals surface area contributed by atoms with Gasteiger partial charge in [-0.05, 0) is 84.0 Å². The molecule has 1 atom stereocenters. The molecular formula is C24H25N3O3S2. The van der Waals surface area contributed by atoms with Crippen LogP contribution in [-0.4, -0.2) is 15.3 Å². The van der Waals surface area contributed by atoms with Crippen molar-refractivity contribution < 1.29 is 14.1 Å². The average molecular weight is 468 g/mol. The molecule has 1 aromatic heterocycles. The van der Waals surface area contributed by atoms with E-state index in [1.807, 2.05) is 24.3 Å². The Kier molecular flexibility index (Phi) is 5.63. The summed E-state index contributed by atoms with van der Waals surface area (Å²) in [4.78, 5) is 13.6. The van der Waals surface area contributed by atoms with Crippen molar-refractivity contribution in [3.63, 3.8) is 0 Å². The molecule has 5 rings (SSSR count). The monoisotopic (exact) mass is 467 g/mol. The predicted octanol–water partition coefficient (Wildman–Crippen LogP) is 4.82. The molecule has 0 bridgehead atoms. The van der Waals surface area contributed by atoms with Crippen LogP contribution in [0.3, 0.4) is 0 Å². The van der Waals surface area contributed by atoms with E-state index < -0.39 is 15.9 Å². The van der Waals surface area contributed by atoms with Gasteiger partial charge in [-0.3, -0.25) is 0 Å². The number of benzene rings is 2. The molecule has 166 valence electrons. The molecule has 6 nitrogen and oxygen atoms in total. The number of rotatable bonds is 4. The van der Waals surface area contributed by atoms with E-state index >= 15 is 0 Å². The lowest BCUT2D eigenvalue weighted by atomic mass is 9.99. The maximum Gasteiger partial charge on any atom is 0.354 e. The van der Waals surface area contributed by atoms with Gasteiger partial charge in [0.2, 0.25) is 0 Å². The summed E-state index contributed by atoms with van der Waals surface area (Å²) in [5, 5.41) is 18.6. The number of nitrogens with zero attached hydrogens (tertiary/aromatic N) is 1. The number of urea groups is 1. The number of hydrogen-bond donors (Lipinski definition) is 3. The number of amides is 2. The number of hydrogen-bond acceptors (Lipinski definition) is 4. The van der Waals surface area contributed by atoms with Crippen molar-refractivity contribution in [1.82, 2.24) is 0 Å². The highest BCUT2D eigenvalue weighted by molar-refractivity contribution is 7.93. The number of anilines is 1. The Morgan fingerprint density at radius 2 is 1.75 bits per heavy atom. The zero-order valence-corrected chi connectivity index (χ0v) is 19.2. The lowest BCUT2D eigenvalue weighted by Crippen LogP contribution is -2.18. The molecule has 2 aliphatic carbocycles. The van der Waals surface area contributed by atoms with Crippen molar-refractivity contribution in [3.8, 4) is 10.4 Å². The lowest BCUT2D eigenvalue weighted by Gasteiger charge is -2.15. The first-order valence-electron chi connectivity index (χ1n) is 10.8. The van der Waals surface area contributed by atoms with Crippen molar-refractivity contribution >= 4 is 33.0 Å². The number of nitrogens with two attached hydrogens (primary N) is 1. The summed E-state index contributed by atoms with van der Waals surface area (Å²) in [7, 11) is -3.40. The molecule has 2 aromatic carbocycles. The van der Waals surface area contributed by atoms with E-state index in [0.717, 1.165) is 60.2 Å². The van der Waals surface area contributed by atoms with Gasteiger partial charge in [-0.15, -0.1) is 15.7 Å². The molecule has 3 aromatic rings. The minimum absolute atomic E-state index is 0.0973. The Morgan fingerprint density at radius 1 is 1.06 bits per heavy atom. The van der Waals surface area contributed by atoms with E-state index in [0.29, 0.717) is 4.21 Å². The molecule has 0 spiro atoms. The molecule has 8 heteroatoms. The third kappa shape index (κ3) is 3.88. The molecule has 4 N–H and O–H groups in total. The first-order valence-corrected chi connectivity index (χ1v) is 13.2. The Bertz CT molecular complexity index is 1300. The first-order chi connectivity index (χ1) is 15.5. The highest BCUT2D eigenvalue weighted by atomic mass is 32.2. The van der Waals surface area contributed by atoms with Gasteiger partial charge in [0.25, 0.3) is 0 Å². The zero-order chi connectivity index (χ0) is 22.3. The van der Waals surface area contributed by atoms with E-state index in [9.17, 15) is 14.1 Å².